The first-order chi connectivity index (χ1) is 12.3. The van der Waals surface area contributed by atoms with Crippen LogP contribution in [0.1, 0.15) is 39.8 Å². The van der Waals surface area contributed by atoms with Gasteiger partial charge in [-0.15, -0.1) is 0 Å². The molecular formula is C17H19F3N3O2S+. The highest BCUT2D eigenvalue weighted by molar-refractivity contribution is 7.27. The van der Waals surface area contributed by atoms with Crippen molar-refractivity contribution in [3.63, 3.8) is 0 Å². The smallest absolute Gasteiger partial charge is 0.422 e. The number of rotatable bonds is 7. The van der Waals surface area contributed by atoms with Crippen molar-refractivity contribution in [3.05, 3.63) is 40.1 Å². The molecule has 2 aromatic rings. The number of nitrogens with one attached hydrogen (secondary N) is 1. The van der Waals surface area contributed by atoms with Crippen molar-refractivity contribution in [2.75, 3.05) is 13.2 Å². The van der Waals surface area contributed by atoms with E-state index in [4.69, 9.17) is 4.74 Å². The number of alkyl halides is 3. The predicted octanol–water partition coefficient (Wildman–Crippen LogP) is 3.55. The summed E-state index contributed by atoms with van der Waals surface area (Å²) in [6.07, 6.45) is 3.36. The van der Waals surface area contributed by atoms with Gasteiger partial charge in [-0.25, -0.2) is 9.97 Å². The van der Waals surface area contributed by atoms with E-state index in [0.717, 1.165) is 23.4 Å². The molecule has 5 nitrogen and oxygen atoms in total. The van der Waals surface area contributed by atoms with E-state index in [1.54, 1.807) is 12.4 Å². The summed E-state index contributed by atoms with van der Waals surface area (Å²) in [6.45, 7) is -1.12. The van der Waals surface area contributed by atoms with E-state index in [0.29, 0.717) is 18.9 Å². The minimum atomic E-state index is -4.48. The largest absolute Gasteiger partial charge is 0.482 e. The molecule has 1 unspecified atom stereocenters. The van der Waals surface area contributed by atoms with Crippen LogP contribution in [0.2, 0.25) is 0 Å². The van der Waals surface area contributed by atoms with Crippen molar-refractivity contribution in [1.82, 2.24) is 15.3 Å². The lowest BCUT2D eigenvalue weighted by Gasteiger charge is -2.13. The third-order valence-electron chi connectivity index (χ3n) is 4.01. The van der Waals surface area contributed by atoms with Crippen LogP contribution in [0.4, 0.5) is 13.2 Å². The molecule has 1 saturated carbocycles. The van der Waals surface area contributed by atoms with Crippen molar-refractivity contribution in [2.24, 2.45) is 6.26 Å². The highest BCUT2D eigenvalue weighted by Crippen LogP contribution is 2.41. The molecule has 0 aromatic carbocycles. The molecule has 1 fully saturated rings. The molecule has 2 heterocycles. The van der Waals surface area contributed by atoms with Gasteiger partial charge < -0.3 is 10.1 Å². The first-order valence-electron chi connectivity index (χ1n) is 8.19. The Bertz CT molecular complexity index is 788. The van der Waals surface area contributed by atoms with Gasteiger partial charge in [-0.05, 0) is 40.9 Å². The molecular weight excluding hydrogens is 367 g/mol. The van der Waals surface area contributed by atoms with E-state index >= 15 is 0 Å². The minimum Gasteiger partial charge on any atom is -0.482 e. The molecule has 3 rings (SSSR count). The van der Waals surface area contributed by atoms with E-state index in [1.165, 1.54) is 6.07 Å². The second-order valence-electron chi connectivity index (χ2n) is 6.17. The number of thiazole rings is 1. The number of nitrogens with zero attached hydrogens (tertiary/aromatic N) is 2. The first kappa shape index (κ1) is 18.6. The van der Waals surface area contributed by atoms with Crippen LogP contribution in [0.15, 0.2) is 23.8 Å². The molecule has 1 aliphatic rings. The van der Waals surface area contributed by atoms with Crippen molar-refractivity contribution >= 4 is 16.4 Å². The van der Waals surface area contributed by atoms with Gasteiger partial charge in [0.1, 0.15) is 6.26 Å². The summed E-state index contributed by atoms with van der Waals surface area (Å²) < 4.78 is 42.3. The van der Waals surface area contributed by atoms with Crippen LogP contribution in [-0.2, 0) is 12.7 Å². The highest BCUT2D eigenvalue weighted by atomic mass is 32.2. The molecule has 9 heteroatoms. The van der Waals surface area contributed by atoms with Gasteiger partial charge in [0.15, 0.2) is 23.4 Å². The Balaban J connectivity index is 1.67. The lowest BCUT2D eigenvalue weighted by molar-refractivity contribution is -0.153. The normalized spacial score (nSPS) is 15.0. The maximum Gasteiger partial charge on any atom is 0.422 e. The molecule has 1 atom stereocenters. The van der Waals surface area contributed by atoms with Crippen LogP contribution in [-0.4, -0.2) is 35.2 Å². The van der Waals surface area contributed by atoms with Gasteiger partial charge in [-0.1, -0.05) is 0 Å². The fourth-order valence-corrected chi connectivity index (χ4v) is 3.55. The average Bonchev–Trinajstić information content (AvgIpc) is 3.36. The van der Waals surface area contributed by atoms with Crippen molar-refractivity contribution in [3.8, 4) is 5.75 Å². The van der Waals surface area contributed by atoms with E-state index in [1.807, 2.05) is 11.6 Å². The number of aromatic nitrogens is 2. The fraction of sp³-hybridized carbons (Fsp3) is 0.471. The number of amides is 1. The van der Waals surface area contributed by atoms with E-state index in [9.17, 15) is 18.0 Å². The topological polar surface area (TPSA) is 64.1 Å². The molecule has 0 aliphatic heterocycles. The second kappa shape index (κ2) is 7.61. The van der Waals surface area contributed by atoms with Crippen molar-refractivity contribution < 1.29 is 22.7 Å². The first-order valence-corrected chi connectivity index (χ1v) is 9.89. The van der Waals surface area contributed by atoms with Gasteiger partial charge in [0.25, 0.3) is 5.91 Å². The number of carbonyl (C=O) groups excluding carboxylic acids is 1. The van der Waals surface area contributed by atoms with Crippen LogP contribution in [0.3, 0.4) is 0 Å². The van der Waals surface area contributed by atoms with Gasteiger partial charge in [-0.2, -0.15) is 13.2 Å². The summed E-state index contributed by atoms with van der Waals surface area (Å²) in [7, 11) is -0.0359. The predicted molar refractivity (Wildman–Crippen MR) is 91.5 cm³/mol. The Labute approximate surface area is 151 Å². The Hall–Kier alpha value is -2.16. The lowest BCUT2D eigenvalue weighted by Crippen LogP contribution is -2.28. The van der Waals surface area contributed by atoms with Crippen LogP contribution in [0.5, 0.6) is 5.75 Å². The van der Waals surface area contributed by atoms with Gasteiger partial charge in [0.05, 0.1) is 12.6 Å². The van der Waals surface area contributed by atoms with Crippen molar-refractivity contribution in [1.29, 1.82) is 0 Å². The summed E-state index contributed by atoms with van der Waals surface area (Å²) in [5.41, 5.74) is 0.681. The number of ether oxygens (including phenoxy) is 1. The number of carbonyl (C=O) groups is 1. The monoisotopic (exact) mass is 386 g/mol. The second-order valence-corrected chi connectivity index (χ2v) is 8.02. The summed E-state index contributed by atoms with van der Waals surface area (Å²) >= 11 is 0. The van der Waals surface area contributed by atoms with E-state index in [2.05, 4.69) is 15.3 Å². The molecule has 140 valence electrons. The van der Waals surface area contributed by atoms with E-state index in [-0.39, 0.29) is 21.9 Å². The number of aryl methyl sites for hydroxylation is 1. The summed E-state index contributed by atoms with van der Waals surface area (Å²) in [4.78, 5) is 20.6. The zero-order valence-corrected chi connectivity index (χ0v) is 15.0. The zero-order chi connectivity index (χ0) is 18.7. The Morgan fingerprint density at radius 1 is 1.38 bits per heavy atom. The van der Waals surface area contributed by atoms with Crippen LogP contribution in [0, 0.1) is 0 Å². The molecule has 1 N–H and O–H groups in total. The molecule has 1 aliphatic carbocycles. The number of hydrogen-bond acceptors (Lipinski definition) is 4. The van der Waals surface area contributed by atoms with Crippen molar-refractivity contribution in [2.45, 2.75) is 31.4 Å². The Morgan fingerprint density at radius 2 is 2.15 bits per heavy atom. The molecule has 0 radical (unpaired) electrons. The lowest BCUT2D eigenvalue weighted by atomic mass is 10.1. The Kier molecular flexibility index (Phi) is 5.45. The number of hydrogen-bond donors (Lipinski definition) is 1. The van der Waals surface area contributed by atoms with Gasteiger partial charge in [-0.3, -0.25) is 4.79 Å². The van der Waals surface area contributed by atoms with Gasteiger partial charge in [0, 0.05) is 12.7 Å². The molecule has 0 spiro atoms. The third kappa shape index (κ3) is 4.94. The number of halogens is 3. The zero-order valence-electron chi connectivity index (χ0n) is 14.2. The molecule has 0 saturated heterocycles. The van der Waals surface area contributed by atoms with Gasteiger partial charge >= 0.3 is 6.18 Å². The Morgan fingerprint density at radius 3 is 2.77 bits per heavy atom. The maximum atomic E-state index is 12.5. The SMILES string of the molecule is C[s+]1ccnc1CCNC(=O)c1ncc(C2CC2)cc1OCC(F)(F)F. The highest BCUT2D eigenvalue weighted by Gasteiger charge is 2.31. The molecule has 1 amide bonds. The minimum absolute atomic E-state index is 0.0359. The van der Waals surface area contributed by atoms with Crippen LogP contribution in [0.25, 0.3) is 0 Å². The molecule has 26 heavy (non-hydrogen) atoms. The fourth-order valence-electron chi connectivity index (χ4n) is 2.50. The van der Waals surface area contributed by atoms with Crippen LogP contribution < -0.4 is 10.1 Å². The average molecular weight is 386 g/mol. The van der Waals surface area contributed by atoms with E-state index < -0.39 is 18.7 Å². The molecule has 2 aromatic heterocycles. The third-order valence-corrected chi connectivity index (χ3v) is 5.59. The summed E-state index contributed by atoms with van der Waals surface area (Å²) in [5, 5.41) is 5.65. The van der Waals surface area contributed by atoms with Gasteiger partial charge in [0.2, 0.25) is 5.01 Å². The van der Waals surface area contributed by atoms with Crippen LogP contribution >= 0.6 is 10.5 Å². The standard InChI is InChI=1S/C17H18F3N3O2S/c1-26-7-6-21-14(26)4-5-22-16(24)15-13(25-10-17(18,19)20)8-12(9-23-15)11-2-3-11/h6-9,11H,2-5,10H2,1H3/p+1. The quantitative estimate of drug-likeness (QED) is 0.739. The molecule has 0 bridgehead atoms. The maximum absolute atomic E-state index is 12.5. The summed E-state index contributed by atoms with van der Waals surface area (Å²) in [5.74, 6) is -0.380. The summed E-state index contributed by atoms with van der Waals surface area (Å²) in [6, 6.07) is 1.50. The number of pyridine rings is 1.